The second kappa shape index (κ2) is 4.87. The molecule has 1 aliphatic heterocycles. The number of aromatic nitrogens is 3. The molecule has 18 heavy (non-hydrogen) atoms. The third-order valence-corrected chi connectivity index (χ3v) is 4.39. The van der Waals surface area contributed by atoms with Crippen molar-refractivity contribution >= 4 is 28.9 Å². The maximum absolute atomic E-state index is 6.08. The number of anilines is 1. The number of nitrogens with one attached hydrogen (secondary N) is 1. The highest BCUT2D eigenvalue weighted by atomic mass is 35.5. The number of nitrogens with two attached hydrogens (primary N) is 1. The van der Waals surface area contributed by atoms with E-state index in [0.717, 1.165) is 36.6 Å². The van der Waals surface area contributed by atoms with E-state index in [0.29, 0.717) is 11.0 Å². The Hall–Kier alpha value is -1.11. The minimum Gasteiger partial charge on any atom is -0.338 e. The fourth-order valence-electron chi connectivity index (χ4n) is 2.15. The Balaban J connectivity index is 1.83. The van der Waals surface area contributed by atoms with Crippen molar-refractivity contribution in [2.45, 2.75) is 18.9 Å². The maximum atomic E-state index is 6.08. The summed E-state index contributed by atoms with van der Waals surface area (Å²) in [6.45, 7) is 1.78. The van der Waals surface area contributed by atoms with Gasteiger partial charge in [0.15, 0.2) is 5.82 Å². The molecule has 0 spiro atoms. The number of hydrogen-bond acceptors (Lipinski definition) is 5. The zero-order valence-corrected chi connectivity index (χ0v) is 11.3. The summed E-state index contributed by atoms with van der Waals surface area (Å²) < 4.78 is 0. The van der Waals surface area contributed by atoms with Crippen LogP contribution in [-0.4, -0.2) is 34.3 Å². The van der Waals surface area contributed by atoms with E-state index in [9.17, 15) is 0 Å². The van der Waals surface area contributed by atoms with Gasteiger partial charge in [-0.05, 0) is 24.3 Å². The molecule has 0 aromatic carbocycles. The molecule has 2 aromatic heterocycles. The highest BCUT2D eigenvalue weighted by molar-refractivity contribution is 7.14. The average molecular weight is 284 g/mol. The number of rotatable bonds is 2. The van der Waals surface area contributed by atoms with E-state index in [1.54, 1.807) is 11.3 Å². The molecule has 0 bridgehead atoms. The molecule has 2 aromatic rings. The second-order valence-electron chi connectivity index (χ2n) is 4.43. The van der Waals surface area contributed by atoms with E-state index in [2.05, 4.69) is 20.1 Å². The summed E-state index contributed by atoms with van der Waals surface area (Å²) in [5.74, 6) is 1.44. The molecule has 0 saturated carbocycles. The zero-order chi connectivity index (χ0) is 12.5. The Labute approximate surface area is 114 Å². The quantitative estimate of drug-likeness (QED) is 0.886. The van der Waals surface area contributed by atoms with Crippen molar-refractivity contribution in [1.82, 2.24) is 15.2 Å². The largest absolute Gasteiger partial charge is 0.338 e. The van der Waals surface area contributed by atoms with E-state index in [1.165, 1.54) is 0 Å². The topological polar surface area (TPSA) is 70.8 Å². The number of nitrogens with zero attached hydrogens (tertiary/aromatic N) is 3. The minimum absolute atomic E-state index is 0.214. The lowest BCUT2D eigenvalue weighted by atomic mass is 10.1. The van der Waals surface area contributed by atoms with Crippen molar-refractivity contribution < 1.29 is 0 Å². The molecule has 1 fully saturated rings. The summed E-state index contributed by atoms with van der Waals surface area (Å²) in [5.41, 5.74) is 5.96. The molecule has 0 aliphatic carbocycles. The van der Waals surface area contributed by atoms with Crippen LogP contribution in [0.5, 0.6) is 0 Å². The lowest BCUT2D eigenvalue weighted by molar-refractivity contribution is 0.500. The average Bonchev–Trinajstić information content (AvgIpc) is 2.97. The minimum atomic E-state index is 0.214. The smallest absolute Gasteiger partial charge is 0.245 e. The van der Waals surface area contributed by atoms with Gasteiger partial charge in [-0.15, -0.1) is 16.4 Å². The third kappa shape index (κ3) is 2.23. The molecule has 1 atom stereocenters. The Morgan fingerprint density at radius 3 is 3.17 bits per heavy atom. The van der Waals surface area contributed by atoms with E-state index in [1.807, 2.05) is 11.4 Å². The molecule has 3 N–H and O–H groups in total. The van der Waals surface area contributed by atoms with Crippen molar-refractivity contribution in [1.29, 1.82) is 0 Å². The number of hydrogen-bond donors (Lipinski definition) is 2. The first-order valence-corrected chi connectivity index (χ1v) is 7.16. The van der Waals surface area contributed by atoms with E-state index in [4.69, 9.17) is 17.3 Å². The third-order valence-electron chi connectivity index (χ3n) is 3.05. The van der Waals surface area contributed by atoms with Crippen molar-refractivity contribution in [2.24, 2.45) is 5.73 Å². The Morgan fingerprint density at radius 2 is 2.44 bits per heavy atom. The number of piperidine rings is 1. The number of thiophene rings is 1. The van der Waals surface area contributed by atoms with Crippen molar-refractivity contribution in [3.05, 3.63) is 16.5 Å². The van der Waals surface area contributed by atoms with Crippen LogP contribution in [-0.2, 0) is 0 Å². The molecule has 3 rings (SSSR count). The highest BCUT2D eigenvalue weighted by Gasteiger charge is 2.21. The fourth-order valence-corrected chi connectivity index (χ4v) is 3.23. The van der Waals surface area contributed by atoms with Crippen LogP contribution in [0, 0.1) is 0 Å². The lowest BCUT2D eigenvalue weighted by Gasteiger charge is -2.29. The van der Waals surface area contributed by atoms with E-state index in [-0.39, 0.29) is 6.04 Å². The summed E-state index contributed by atoms with van der Waals surface area (Å²) in [5, 5.41) is 9.84. The van der Waals surface area contributed by atoms with Gasteiger partial charge in [0, 0.05) is 19.1 Å². The highest BCUT2D eigenvalue weighted by Crippen LogP contribution is 2.31. The van der Waals surface area contributed by atoms with Crippen LogP contribution in [0.15, 0.2) is 11.4 Å². The van der Waals surface area contributed by atoms with Gasteiger partial charge in [0.2, 0.25) is 5.95 Å². The van der Waals surface area contributed by atoms with Crippen molar-refractivity contribution in [3.8, 4) is 10.7 Å². The zero-order valence-electron chi connectivity index (χ0n) is 9.77. The Bertz CT molecular complexity index is 537. The number of H-pyrrole nitrogens is 1. The summed E-state index contributed by atoms with van der Waals surface area (Å²) in [4.78, 5) is 7.55. The predicted molar refractivity (Wildman–Crippen MR) is 74.1 cm³/mol. The molecule has 5 nitrogen and oxygen atoms in total. The normalized spacial score (nSPS) is 20.3. The first-order valence-electron chi connectivity index (χ1n) is 5.90. The maximum Gasteiger partial charge on any atom is 0.245 e. The molecule has 1 unspecified atom stereocenters. The Morgan fingerprint density at radius 1 is 1.56 bits per heavy atom. The van der Waals surface area contributed by atoms with E-state index < -0.39 is 0 Å². The first-order chi connectivity index (χ1) is 8.74. The molecule has 96 valence electrons. The molecule has 7 heteroatoms. The van der Waals surface area contributed by atoms with Gasteiger partial charge in [0.1, 0.15) is 0 Å². The van der Waals surface area contributed by atoms with Gasteiger partial charge in [-0.25, -0.2) is 0 Å². The molecular formula is C11H14ClN5S. The van der Waals surface area contributed by atoms with Crippen LogP contribution in [0.2, 0.25) is 5.02 Å². The van der Waals surface area contributed by atoms with Crippen molar-refractivity contribution in [2.75, 3.05) is 18.0 Å². The summed E-state index contributed by atoms with van der Waals surface area (Å²) >= 11 is 7.64. The molecule has 1 aliphatic rings. The molecule has 0 radical (unpaired) electrons. The van der Waals surface area contributed by atoms with Gasteiger partial charge < -0.3 is 10.6 Å². The lowest BCUT2D eigenvalue weighted by Crippen LogP contribution is -2.43. The summed E-state index contributed by atoms with van der Waals surface area (Å²) in [6.07, 6.45) is 2.16. The summed E-state index contributed by atoms with van der Waals surface area (Å²) in [6, 6.07) is 2.08. The molecule has 0 amide bonds. The van der Waals surface area contributed by atoms with Gasteiger partial charge in [0.25, 0.3) is 0 Å². The molecule has 3 heterocycles. The van der Waals surface area contributed by atoms with E-state index >= 15 is 0 Å². The Kier molecular flexibility index (Phi) is 3.23. The standard InChI is InChI=1S/C11H14ClN5S/c12-8-3-5-18-9(8)10-14-11(16-15-10)17-4-1-2-7(13)6-17/h3,5,7H,1-2,4,6,13H2,(H,14,15,16). The van der Waals surface area contributed by atoms with Crippen LogP contribution >= 0.6 is 22.9 Å². The van der Waals surface area contributed by atoms with Crippen LogP contribution < -0.4 is 10.6 Å². The first kappa shape index (κ1) is 12.0. The van der Waals surface area contributed by atoms with Gasteiger partial charge in [-0.1, -0.05) is 11.6 Å². The van der Waals surface area contributed by atoms with Crippen LogP contribution in [0.4, 0.5) is 5.95 Å². The second-order valence-corrected chi connectivity index (χ2v) is 5.75. The monoisotopic (exact) mass is 283 g/mol. The molecule has 1 saturated heterocycles. The van der Waals surface area contributed by atoms with Crippen LogP contribution in [0.3, 0.4) is 0 Å². The van der Waals surface area contributed by atoms with Gasteiger partial charge >= 0.3 is 0 Å². The SMILES string of the molecule is NC1CCCN(c2n[nH]c(-c3sccc3Cl)n2)C1. The summed E-state index contributed by atoms with van der Waals surface area (Å²) in [7, 11) is 0. The van der Waals surface area contributed by atoms with Gasteiger partial charge in [-0.3, -0.25) is 5.10 Å². The van der Waals surface area contributed by atoms with Crippen LogP contribution in [0.1, 0.15) is 12.8 Å². The van der Waals surface area contributed by atoms with Crippen molar-refractivity contribution in [3.63, 3.8) is 0 Å². The van der Waals surface area contributed by atoms with Crippen LogP contribution in [0.25, 0.3) is 10.7 Å². The number of halogens is 1. The van der Waals surface area contributed by atoms with Gasteiger partial charge in [0.05, 0.1) is 9.90 Å². The fraction of sp³-hybridized carbons (Fsp3) is 0.455. The molecular weight excluding hydrogens is 270 g/mol. The predicted octanol–water partition coefficient (Wildman–Crippen LogP) is 2.11. The number of aromatic amines is 1. The van der Waals surface area contributed by atoms with Gasteiger partial charge in [-0.2, -0.15) is 4.98 Å².